The Morgan fingerprint density at radius 3 is 2.29 bits per heavy atom. The highest BCUT2D eigenvalue weighted by Gasteiger charge is 2.20. The summed E-state index contributed by atoms with van der Waals surface area (Å²) in [6, 6.07) is 23.1. The number of carbonyl (C=O) groups is 1. The molecule has 0 aliphatic heterocycles. The van der Waals surface area contributed by atoms with Crippen LogP contribution in [0.3, 0.4) is 0 Å². The van der Waals surface area contributed by atoms with Gasteiger partial charge in [-0.15, -0.1) is 0 Å². The van der Waals surface area contributed by atoms with Crippen molar-refractivity contribution in [1.82, 2.24) is 9.78 Å². The van der Waals surface area contributed by atoms with Crippen LogP contribution in [-0.2, 0) is 11.3 Å². The molecule has 0 aliphatic rings. The highest BCUT2D eigenvalue weighted by atomic mass is 79.9. The fourth-order valence-electron chi connectivity index (χ4n) is 3.37. The first kappa shape index (κ1) is 21.8. The van der Waals surface area contributed by atoms with Crippen LogP contribution in [0.5, 0.6) is 0 Å². The summed E-state index contributed by atoms with van der Waals surface area (Å²) in [6.45, 7) is 0.445. The third kappa shape index (κ3) is 4.76. The zero-order chi connectivity index (χ0) is 22.0. The molecule has 0 saturated carbocycles. The lowest BCUT2D eigenvalue weighted by Gasteiger charge is -2.10. The van der Waals surface area contributed by atoms with Gasteiger partial charge in [0.25, 0.3) is 0 Å². The topological polar surface area (TPSA) is 44.1 Å². The van der Waals surface area contributed by atoms with Gasteiger partial charge >= 0.3 is 5.97 Å². The number of carbonyl (C=O) groups excluding carboxylic acids is 1. The molecule has 0 bridgehead atoms. The Hall–Kier alpha value is -2.41. The second-order valence-electron chi connectivity index (χ2n) is 6.88. The maximum absolute atomic E-state index is 11.9. The summed E-state index contributed by atoms with van der Waals surface area (Å²) in [7, 11) is 1.37. The molecular formula is C24H17Br2ClN2O2. The highest BCUT2D eigenvalue weighted by molar-refractivity contribution is 9.10. The van der Waals surface area contributed by atoms with Crippen LogP contribution >= 0.6 is 43.5 Å². The molecule has 0 saturated heterocycles. The van der Waals surface area contributed by atoms with E-state index in [1.165, 1.54) is 7.11 Å². The van der Waals surface area contributed by atoms with Gasteiger partial charge in [0.2, 0.25) is 0 Å². The molecule has 0 N–H and O–H groups in total. The number of hydrogen-bond donors (Lipinski definition) is 0. The summed E-state index contributed by atoms with van der Waals surface area (Å²) in [5.41, 5.74) is 4.77. The Kier molecular flexibility index (Phi) is 6.60. The maximum Gasteiger partial charge on any atom is 0.337 e. The van der Waals surface area contributed by atoms with Crippen LogP contribution < -0.4 is 0 Å². The van der Waals surface area contributed by atoms with E-state index in [2.05, 4.69) is 31.9 Å². The fourth-order valence-corrected chi connectivity index (χ4v) is 4.53. The molecule has 0 fully saturated rings. The summed E-state index contributed by atoms with van der Waals surface area (Å²) >= 11 is 13.9. The van der Waals surface area contributed by atoms with Crippen molar-refractivity contribution < 1.29 is 9.53 Å². The van der Waals surface area contributed by atoms with Gasteiger partial charge in [0.05, 0.1) is 29.9 Å². The third-order valence-electron chi connectivity index (χ3n) is 4.77. The Morgan fingerprint density at radius 2 is 1.61 bits per heavy atom. The molecule has 1 aromatic heterocycles. The van der Waals surface area contributed by atoms with Gasteiger partial charge in [-0.25, -0.2) is 4.79 Å². The molecule has 0 radical (unpaired) electrons. The predicted molar refractivity (Wildman–Crippen MR) is 130 cm³/mol. The van der Waals surface area contributed by atoms with Crippen molar-refractivity contribution in [2.24, 2.45) is 0 Å². The van der Waals surface area contributed by atoms with E-state index in [0.717, 1.165) is 31.3 Å². The third-order valence-corrected chi connectivity index (χ3v) is 6.12. The van der Waals surface area contributed by atoms with Crippen LogP contribution in [0, 0.1) is 0 Å². The molecule has 4 rings (SSSR count). The SMILES string of the molecule is COC(=O)c1cccc(Cn2nc(-c3cccc(Br)c3)c(Cl)c2-c2cccc(Br)c2)c1. The van der Waals surface area contributed by atoms with Gasteiger partial charge in [0.15, 0.2) is 0 Å². The van der Waals surface area contributed by atoms with E-state index in [1.54, 1.807) is 6.07 Å². The zero-order valence-corrected chi connectivity index (χ0v) is 20.4. The molecule has 4 nitrogen and oxygen atoms in total. The summed E-state index contributed by atoms with van der Waals surface area (Å²) in [5, 5.41) is 5.42. The number of halogens is 3. The quantitative estimate of drug-likeness (QED) is 0.242. The zero-order valence-electron chi connectivity index (χ0n) is 16.5. The van der Waals surface area contributed by atoms with Crippen LogP contribution in [0.15, 0.2) is 81.7 Å². The molecule has 4 aromatic rings. The number of esters is 1. The number of nitrogens with zero attached hydrogens (tertiary/aromatic N) is 2. The molecule has 0 aliphatic carbocycles. The van der Waals surface area contributed by atoms with E-state index in [1.807, 2.05) is 71.4 Å². The van der Waals surface area contributed by atoms with E-state index in [9.17, 15) is 4.79 Å². The van der Waals surface area contributed by atoms with E-state index < -0.39 is 0 Å². The normalized spacial score (nSPS) is 10.8. The summed E-state index contributed by atoms with van der Waals surface area (Å²) in [6.07, 6.45) is 0. The Balaban J connectivity index is 1.85. The van der Waals surface area contributed by atoms with Crippen molar-refractivity contribution in [1.29, 1.82) is 0 Å². The Labute approximate surface area is 202 Å². The first-order chi connectivity index (χ1) is 15.0. The molecule has 0 unspecified atom stereocenters. The Bertz CT molecular complexity index is 1270. The monoisotopic (exact) mass is 558 g/mol. The molecule has 0 atom stereocenters. The molecular weight excluding hydrogens is 544 g/mol. The average molecular weight is 561 g/mol. The number of aromatic nitrogens is 2. The van der Waals surface area contributed by atoms with Gasteiger partial charge in [0, 0.05) is 20.1 Å². The second kappa shape index (κ2) is 9.39. The minimum absolute atomic E-state index is 0.373. The van der Waals surface area contributed by atoms with Crippen LogP contribution in [0.1, 0.15) is 15.9 Å². The number of methoxy groups -OCH3 is 1. The highest BCUT2D eigenvalue weighted by Crippen LogP contribution is 2.38. The van der Waals surface area contributed by atoms with E-state index in [-0.39, 0.29) is 5.97 Å². The van der Waals surface area contributed by atoms with E-state index >= 15 is 0 Å². The number of ether oxygens (including phenoxy) is 1. The molecule has 31 heavy (non-hydrogen) atoms. The summed E-state index contributed by atoms with van der Waals surface area (Å²) in [5.74, 6) is -0.373. The van der Waals surface area contributed by atoms with Gasteiger partial charge in [-0.1, -0.05) is 79.9 Å². The molecule has 156 valence electrons. The van der Waals surface area contributed by atoms with Crippen molar-refractivity contribution in [3.8, 4) is 22.5 Å². The molecule has 3 aromatic carbocycles. The number of hydrogen-bond acceptors (Lipinski definition) is 3. The summed E-state index contributed by atoms with van der Waals surface area (Å²) < 4.78 is 8.62. The molecule has 0 spiro atoms. The minimum atomic E-state index is -0.373. The van der Waals surface area contributed by atoms with Gasteiger partial charge in [-0.05, 0) is 42.0 Å². The molecule has 0 amide bonds. The maximum atomic E-state index is 11.9. The van der Waals surface area contributed by atoms with Crippen molar-refractivity contribution >= 4 is 49.4 Å². The van der Waals surface area contributed by atoms with Crippen LogP contribution in [0.25, 0.3) is 22.5 Å². The average Bonchev–Trinajstić information content (AvgIpc) is 3.09. The lowest BCUT2D eigenvalue weighted by molar-refractivity contribution is 0.0600. The van der Waals surface area contributed by atoms with Crippen LogP contribution in [-0.4, -0.2) is 22.9 Å². The fraction of sp³-hybridized carbons (Fsp3) is 0.0833. The lowest BCUT2D eigenvalue weighted by atomic mass is 10.1. The largest absolute Gasteiger partial charge is 0.465 e. The van der Waals surface area contributed by atoms with Crippen molar-refractivity contribution in [3.05, 3.63) is 97.9 Å². The van der Waals surface area contributed by atoms with Crippen LogP contribution in [0.2, 0.25) is 5.02 Å². The first-order valence-electron chi connectivity index (χ1n) is 9.41. The van der Waals surface area contributed by atoms with Gasteiger partial charge in [0.1, 0.15) is 5.69 Å². The lowest BCUT2D eigenvalue weighted by Crippen LogP contribution is -2.06. The van der Waals surface area contributed by atoms with Gasteiger partial charge in [-0.2, -0.15) is 5.10 Å². The summed E-state index contributed by atoms with van der Waals surface area (Å²) in [4.78, 5) is 11.9. The van der Waals surface area contributed by atoms with Gasteiger partial charge in [-0.3, -0.25) is 4.68 Å². The Morgan fingerprint density at radius 1 is 0.968 bits per heavy atom. The number of benzene rings is 3. The first-order valence-corrected chi connectivity index (χ1v) is 11.4. The second-order valence-corrected chi connectivity index (χ2v) is 9.09. The standard InChI is InChI=1S/C24H17Br2ClN2O2/c1-31-24(30)18-8-2-5-15(11-18)14-29-23(17-7-4-10-20(26)13-17)21(27)22(28-29)16-6-3-9-19(25)12-16/h2-13H,14H2,1H3. The molecule has 7 heteroatoms. The van der Waals surface area contributed by atoms with Crippen molar-refractivity contribution in [3.63, 3.8) is 0 Å². The predicted octanol–water partition coefficient (Wildman–Crippen LogP) is 7.23. The molecule has 1 heterocycles. The minimum Gasteiger partial charge on any atom is -0.465 e. The van der Waals surface area contributed by atoms with E-state index in [4.69, 9.17) is 21.4 Å². The van der Waals surface area contributed by atoms with E-state index in [0.29, 0.717) is 22.8 Å². The van der Waals surface area contributed by atoms with Crippen molar-refractivity contribution in [2.75, 3.05) is 7.11 Å². The smallest absolute Gasteiger partial charge is 0.337 e. The van der Waals surface area contributed by atoms with Crippen LogP contribution in [0.4, 0.5) is 0 Å². The van der Waals surface area contributed by atoms with Gasteiger partial charge < -0.3 is 4.74 Å². The van der Waals surface area contributed by atoms with Crippen molar-refractivity contribution in [2.45, 2.75) is 6.54 Å². The number of rotatable bonds is 5.